The first-order chi connectivity index (χ1) is 10.5. The predicted molar refractivity (Wildman–Crippen MR) is 84.9 cm³/mol. The monoisotopic (exact) mass is 307 g/mol. The van der Waals surface area contributed by atoms with E-state index in [0.717, 1.165) is 11.3 Å². The third kappa shape index (κ3) is 5.39. The van der Waals surface area contributed by atoms with Crippen molar-refractivity contribution >= 4 is 11.9 Å². The molecule has 1 rings (SSSR count). The van der Waals surface area contributed by atoms with Crippen molar-refractivity contribution in [1.29, 1.82) is 0 Å². The molecule has 0 aliphatic rings. The number of carbonyl (C=O) groups is 2. The van der Waals surface area contributed by atoms with Crippen LogP contribution in [0.4, 0.5) is 0 Å². The van der Waals surface area contributed by atoms with Gasteiger partial charge in [-0.1, -0.05) is 12.1 Å². The molecular weight excluding hydrogens is 282 g/mol. The van der Waals surface area contributed by atoms with E-state index in [4.69, 9.17) is 9.84 Å². The van der Waals surface area contributed by atoms with Crippen LogP contribution in [0.3, 0.4) is 0 Å². The maximum Gasteiger partial charge on any atom is 0.303 e. The lowest BCUT2D eigenvalue weighted by atomic mass is 10.1. The quantitative estimate of drug-likeness (QED) is 0.711. The Bertz CT molecular complexity index is 501. The molecule has 0 heterocycles. The third-order valence-electron chi connectivity index (χ3n) is 3.74. The zero-order chi connectivity index (χ0) is 16.5. The van der Waals surface area contributed by atoms with E-state index in [1.165, 1.54) is 0 Å². The number of hydrogen-bond donors (Lipinski definition) is 1. The van der Waals surface area contributed by atoms with Gasteiger partial charge < -0.3 is 14.7 Å². The van der Waals surface area contributed by atoms with Crippen LogP contribution in [-0.2, 0) is 9.59 Å². The first-order valence-corrected chi connectivity index (χ1v) is 7.64. The fourth-order valence-electron chi connectivity index (χ4n) is 2.44. The molecule has 0 spiro atoms. The van der Waals surface area contributed by atoms with Gasteiger partial charge in [-0.15, -0.1) is 0 Å². The number of benzene rings is 1. The Hall–Kier alpha value is -2.04. The molecule has 1 atom stereocenters. The van der Waals surface area contributed by atoms with Gasteiger partial charge in [0.1, 0.15) is 5.75 Å². The van der Waals surface area contributed by atoms with Crippen molar-refractivity contribution in [2.24, 2.45) is 0 Å². The van der Waals surface area contributed by atoms with E-state index in [2.05, 4.69) is 0 Å². The normalized spacial score (nSPS) is 11.8. The second-order valence-corrected chi connectivity index (χ2v) is 5.23. The summed E-state index contributed by atoms with van der Waals surface area (Å²) in [6.45, 7) is 4.56. The molecular formula is C17H25NO4. The number of nitrogens with zero attached hydrogens (tertiary/aromatic N) is 1. The van der Waals surface area contributed by atoms with Crippen molar-refractivity contribution < 1.29 is 19.4 Å². The van der Waals surface area contributed by atoms with Crippen molar-refractivity contribution in [2.75, 3.05) is 13.7 Å². The second-order valence-electron chi connectivity index (χ2n) is 5.23. The molecule has 1 unspecified atom stereocenters. The van der Waals surface area contributed by atoms with E-state index < -0.39 is 5.97 Å². The number of ether oxygens (including phenoxy) is 1. The minimum absolute atomic E-state index is 0.0351. The number of rotatable bonds is 9. The number of methoxy groups -OCH3 is 1. The topological polar surface area (TPSA) is 66.8 Å². The summed E-state index contributed by atoms with van der Waals surface area (Å²) in [5.74, 6) is 0.0158. The van der Waals surface area contributed by atoms with Gasteiger partial charge in [-0.2, -0.15) is 0 Å². The number of hydrogen-bond acceptors (Lipinski definition) is 3. The van der Waals surface area contributed by atoms with Crippen LogP contribution in [0.5, 0.6) is 5.75 Å². The minimum atomic E-state index is -0.815. The predicted octanol–water partition coefficient (Wildman–Crippen LogP) is 3.25. The van der Waals surface area contributed by atoms with Gasteiger partial charge >= 0.3 is 5.97 Å². The van der Waals surface area contributed by atoms with Crippen LogP contribution in [0.25, 0.3) is 0 Å². The number of carbonyl (C=O) groups excluding carboxylic acids is 1. The fraction of sp³-hybridized carbons (Fsp3) is 0.529. The van der Waals surface area contributed by atoms with Crippen LogP contribution in [0.15, 0.2) is 24.3 Å². The third-order valence-corrected chi connectivity index (χ3v) is 3.74. The van der Waals surface area contributed by atoms with Crippen LogP contribution in [0.2, 0.25) is 0 Å². The largest absolute Gasteiger partial charge is 0.497 e. The SMILES string of the molecule is CCN(C(=O)CCCCC(=O)O)C(C)c1cccc(OC)c1. The smallest absolute Gasteiger partial charge is 0.303 e. The molecule has 5 heteroatoms. The van der Waals surface area contributed by atoms with Gasteiger partial charge in [0.15, 0.2) is 0 Å². The molecule has 122 valence electrons. The van der Waals surface area contributed by atoms with Gasteiger partial charge in [0, 0.05) is 19.4 Å². The van der Waals surface area contributed by atoms with Crippen molar-refractivity contribution in [3.8, 4) is 5.75 Å². The molecule has 0 aliphatic carbocycles. The molecule has 0 saturated carbocycles. The number of carboxylic acid groups (broad SMARTS) is 1. The van der Waals surface area contributed by atoms with Gasteiger partial charge in [-0.05, 0) is 44.4 Å². The van der Waals surface area contributed by atoms with Crippen molar-refractivity contribution in [3.63, 3.8) is 0 Å². The minimum Gasteiger partial charge on any atom is -0.497 e. The highest BCUT2D eigenvalue weighted by molar-refractivity contribution is 5.76. The molecule has 0 fully saturated rings. The molecule has 0 saturated heterocycles. The summed E-state index contributed by atoms with van der Waals surface area (Å²) in [5, 5.41) is 8.61. The lowest BCUT2D eigenvalue weighted by molar-refractivity contribution is -0.138. The van der Waals surface area contributed by atoms with E-state index in [1.54, 1.807) is 7.11 Å². The Morgan fingerprint density at radius 1 is 1.27 bits per heavy atom. The van der Waals surface area contributed by atoms with Crippen molar-refractivity contribution in [3.05, 3.63) is 29.8 Å². The maximum atomic E-state index is 12.3. The highest BCUT2D eigenvalue weighted by atomic mass is 16.5. The molecule has 1 aromatic carbocycles. The van der Waals surface area contributed by atoms with Crippen molar-refractivity contribution in [2.45, 2.75) is 45.6 Å². The molecule has 0 aromatic heterocycles. The lowest BCUT2D eigenvalue weighted by Gasteiger charge is -2.28. The molecule has 1 aromatic rings. The van der Waals surface area contributed by atoms with E-state index >= 15 is 0 Å². The molecule has 22 heavy (non-hydrogen) atoms. The molecule has 0 bridgehead atoms. The molecule has 1 amide bonds. The summed E-state index contributed by atoms with van der Waals surface area (Å²) in [6.07, 6.45) is 1.64. The number of carboxylic acids is 1. The maximum absolute atomic E-state index is 12.3. The zero-order valence-corrected chi connectivity index (χ0v) is 13.5. The summed E-state index contributed by atoms with van der Waals surface area (Å²) < 4.78 is 5.22. The van der Waals surface area contributed by atoms with Crippen LogP contribution < -0.4 is 4.74 Å². The summed E-state index contributed by atoms with van der Waals surface area (Å²) in [6, 6.07) is 7.67. The molecule has 0 radical (unpaired) electrons. The highest BCUT2D eigenvalue weighted by Gasteiger charge is 2.19. The van der Waals surface area contributed by atoms with E-state index in [9.17, 15) is 9.59 Å². The average Bonchev–Trinajstić information content (AvgIpc) is 2.52. The van der Waals surface area contributed by atoms with Crippen LogP contribution in [0.1, 0.15) is 51.1 Å². The van der Waals surface area contributed by atoms with E-state index in [0.29, 0.717) is 25.8 Å². The van der Waals surface area contributed by atoms with Gasteiger partial charge in [0.25, 0.3) is 0 Å². The summed E-state index contributed by atoms with van der Waals surface area (Å²) in [4.78, 5) is 24.6. The van der Waals surface area contributed by atoms with Gasteiger partial charge in [0.05, 0.1) is 13.2 Å². The van der Waals surface area contributed by atoms with Crippen LogP contribution in [-0.4, -0.2) is 35.5 Å². The first kappa shape index (κ1) is 18.0. The van der Waals surface area contributed by atoms with Crippen LogP contribution in [0, 0.1) is 0 Å². The molecule has 1 N–H and O–H groups in total. The Morgan fingerprint density at radius 2 is 1.95 bits per heavy atom. The van der Waals surface area contributed by atoms with Crippen molar-refractivity contribution in [1.82, 2.24) is 4.90 Å². The van der Waals surface area contributed by atoms with Gasteiger partial charge in [-0.3, -0.25) is 9.59 Å². The Kier molecular flexibility index (Phi) is 7.43. The van der Waals surface area contributed by atoms with Crippen LogP contribution >= 0.6 is 0 Å². The molecule has 5 nitrogen and oxygen atoms in total. The standard InChI is InChI=1S/C17H25NO4/c1-4-18(16(19)10-5-6-11-17(20)21)13(2)14-8-7-9-15(12-14)22-3/h7-9,12-13H,4-6,10-11H2,1-3H3,(H,20,21). The Balaban J connectivity index is 2.64. The van der Waals surface area contributed by atoms with Gasteiger partial charge in [0.2, 0.25) is 5.91 Å². The Labute approximate surface area is 131 Å². The number of aliphatic carboxylic acids is 1. The fourth-order valence-corrected chi connectivity index (χ4v) is 2.44. The summed E-state index contributed by atoms with van der Waals surface area (Å²) in [5.41, 5.74) is 1.03. The van der Waals surface area contributed by atoms with Gasteiger partial charge in [-0.25, -0.2) is 0 Å². The summed E-state index contributed by atoms with van der Waals surface area (Å²) in [7, 11) is 1.62. The number of unbranched alkanes of at least 4 members (excludes halogenated alkanes) is 1. The van der Waals surface area contributed by atoms with E-state index in [1.807, 2.05) is 43.0 Å². The zero-order valence-electron chi connectivity index (χ0n) is 13.5. The average molecular weight is 307 g/mol. The van der Waals surface area contributed by atoms with E-state index in [-0.39, 0.29) is 18.4 Å². The Morgan fingerprint density at radius 3 is 2.55 bits per heavy atom. The lowest BCUT2D eigenvalue weighted by Crippen LogP contribution is -2.33. The highest BCUT2D eigenvalue weighted by Crippen LogP contribution is 2.24. The number of amides is 1. The summed E-state index contributed by atoms with van der Waals surface area (Å²) >= 11 is 0. The first-order valence-electron chi connectivity index (χ1n) is 7.64. The molecule has 0 aliphatic heterocycles. The second kappa shape index (κ2) is 9.07.